The minimum atomic E-state index is 0.502. The van der Waals surface area contributed by atoms with Crippen LogP contribution in [0.15, 0.2) is 77.5 Å². The third-order valence-corrected chi connectivity index (χ3v) is 3.94. The van der Waals surface area contributed by atoms with Crippen LogP contribution in [0, 0.1) is 0 Å². The van der Waals surface area contributed by atoms with Crippen molar-refractivity contribution in [3.05, 3.63) is 88.7 Å². The third-order valence-electron chi connectivity index (χ3n) is 3.51. The number of rotatable bonds is 7. The summed E-state index contributed by atoms with van der Waals surface area (Å²) in [6, 6.07) is 20.2. The van der Waals surface area contributed by atoms with Gasteiger partial charge in [0, 0.05) is 17.1 Å². The topological polar surface area (TPSA) is 31.4 Å². The van der Waals surface area contributed by atoms with E-state index in [1.165, 1.54) is 5.56 Å². The highest BCUT2D eigenvalue weighted by Crippen LogP contribution is 2.18. The van der Waals surface area contributed by atoms with E-state index in [-0.39, 0.29) is 0 Å². The van der Waals surface area contributed by atoms with Crippen molar-refractivity contribution in [1.82, 2.24) is 4.98 Å². The summed E-state index contributed by atoms with van der Waals surface area (Å²) in [5.41, 5.74) is 2.37. The molecule has 0 saturated heterocycles. The van der Waals surface area contributed by atoms with Gasteiger partial charge in [0.1, 0.15) is 18.1 Å². The monoisotopic (exact) mass is 383 g/mol. The van der Waals surface area contributed by atoms with Crippen molar-refractivity contribution >= 4 is 15.9 Å². The molecule has 2 aromatic carbocycles. The summed E-state index contributed by atoms with van der Waals surface area (Å²) in [7, 11) is 0. The molecule has 0 spiro atoms. The van der Waals surface area contributed by atoms with Crippen LogP contribution in [0.2, 0.25) is 0 Å². The second kappa shape index (κ2) is 8.50. The summed E-state index contributed by atoms with van der Waals surface area (Å²) in [5.74, 6) is 1.62. The van der Waals surface area contributed by atoms with Gasteiger partial charge in [-0.05, 0) is 45.3 Å². The zero-order chi connectivity index (χ0) is 16.6. The molecule has 1 heterocycles. The van der Waals surface area contributed by atoms with Gasteiger partial charge in [-0.3, -0.25) is 4.98 Å². The molecule has 4 heteroatoms. The summed E-state index contributed by atoms with van der Waals surface area (Å²) in [6.45, 7) is 1.17. The molecule has 122 valence electrons. The molecule has 0 aliphatic heterocycles. The predicted molar refractivity (Wildman–Crippen MR) is 98.4 cm³/mol. The lowest BCUT2D eigenvalue weighted by Crippen LogP contribution is -2.01. The Hall–Kier alpha value is -2.33. The fourth-order valence-corrected chi connectivity index (χ4v) is 2.60. The molecular formula is C20H18BrNO2. The van der Waals surface area contributed by atoms with Gasteiger partial charge in [-0.25, -0.2) is 0 Å². The first-order valence-corrected chi connectivity index (χ1v) is 8.58. The average molecular weight is 384 g/mol. The SMILES string of the molecule is Brc1cncc(OCc2ccc(OCCc3ccccc3)cc2)c1. The number of benzene rings is 2. The number of pyridine rings is 1. The van der Waals surface area contributed by atoms with E-state index in [0.717, 1.165) is 28.0 Å². The van der Waals surface area contributed by atoms with Crippen molar-refractivity contribution in [2.75, 3.05) is 6.61 Å². The molecule has 3 aromatic rings. The van der Waals surface area contributed by atoms with Crippen LogP contribution in [-0.2, 0) is 13.0 Å². The van der Waals surface area contributed by atoms with Gasteiger partial charge in [-0.1, -0.05) is 42.5 Å². The van der Waals surface area contributed by atoms with Crippen LogP contribution >= 0.6 is 15.9 Å². The van der Waals surface area contributed by atoms with Crippen LogP contribution in [0.3, 0.4) is 0 Å². The van der Waals surface area contributed by atoms with Crippen molar-refractivity contribution in [2.24, 2.45) is 0 Å². The Morgan fingerprint density at radius 3 is 2.33 bits per heavy atom. The first-order chi connectivity index (χ1) is 11.8. The maximum absolute atomic E-state index is 5.79. The number of halogens is 1. The molecule has 0 amide bonds. The molecule has 24 heavy (non-hydrogen) atoms. The van der Waals surface area contributed by atoms with E-state index in [1.54, 1.807) is 12.4 Å². The Balaban J connectivity index is 1.46. The summed E-state index contributed by atoms with van der Waals surface area (Å²) < 4.78 is 12.4. The molecule has 0 bridgehead atoms. The molecule has 1 aromatic heterocycles. The highest BCUT2D eigenvalue weighted by Gasteiger charge is 2.00. The van der Waals surface area contributed by atoms with E-state index in [4.69, 9.17) is 9.47 Å². The van der Waals surface area contributed by atoms with Gasteiger partial charge < -0.3 is 9.47 Å². The third kappa shape index (κ3) is 5.10. The molecule has 3 rings (SSSR count). The largest absolute Gasteiger partial charge is 0.493 e. The normalized spacial score (nSPS) is 10.4. The summed E-state index contributed by atoms with van der Waals surface area (Å²) in [5, 5.41) is 0. The molecule has 0 N–H and O–H groups in total. The standard InChI is InChI=1S/C20H18BrNO2/c21-18-12-20(14-22-13-18)24-15-17-6-8-19(9-7-17)23-11-10-16-4-2-1-3-5-16/h1-9,12-14H,10-11,15H2. The molecule has 0 radical (unpaired) electrons. The Morgan fingerprint density at radius 2 is 1.58 bits per heavy atom. The van der Waals surface area contributed by atoms with Crippen LogP contribution in [0.5, 0.6) is 11.5 Å². The van der Waals surface area contributed by atoms with Crippen LogP contribution < -0.4 is 9.47 Å². The van der Waals surface area contributed by atoms with Gasteiger partial charge in [-0.2, -0.15) is 0 Å². The van der Waals surface area contributed by atoms with Crippen LogP contribution in [0.1, 0.15) is 11.1 Å². The van der Waals surface area contributed by atoms with Crippen molar-refractivity contribution < 1.29 is 9.47 Å². The van der Waals surface area contributed by atoms with E-state index in [1.807, 2.05) is 48.5 Å². The minimum Gasteiger partial charge on any atom is -0.493 e. The van der Waals surface area contributed by atoms with Crippen LogP contribution in [0.25, 0.3) is 0 Å². The van der Waals surface area contributed by atoms with Gasteiger partial charge in [0.05, 0.1) is 12.8 Å². The van der Waals surface area contributed by atoms with E-state index in [0.29, 0.717) is 13.2 Å². The number of hydrogen-bond acceptors (Lipinski definition) is 3. The average Bonchev–Trinajstić information content (AvgIpc) is 2.62. The van der Waals surface area contributed by atoms with Crippen molar-refractivity contribution in [3.63, 3.8) is 0 Å². The fourth-order valence-electron chi connectivity index (χ4n) is 2.25. The Morgan fingerprint density at radius 1 is 0.792 bits per heavy atom. The zero-order valence-corrected chi connectivity index (χ0v) is 14.8. The lowest BCUT2D eigenvalue weighted by atomic mass is 10.2. The van der Waals surface area contributed by atoms with E-state index >= 15 is 0 Å². The van der Waals surface area contributed by atoms with E-state index in [2.05, 4.69) is 33.0 Å². The molecule has 0 saturated carbocycles. The fraction of sp³-hybridized carbons (Fsp3) is 0.150. The lowest BCUT2D eigenvalue weighted by molar-refractivity contribution is 0.303. The van der Waals surface area contributed by atoms with Crippen LogP contribution in [0.4, 0.5) is 0 Å². The first-order valence-electron chi connectivity index (χ1n) is 7.78. The number of aromatic nitrogens is 1. The Labute approximate surface area is 150 Å². The summed E-state index contributed by atoms with van der Waals surface area (Å²) >= 11 is 3.38. The van der Waals surface area contributed by atoms with Gasteiger partial charge >= 0.3 is 0 Å². The number of nitrogens with zero attached hydrogens (tertiary/aromatic N) is 1. The van der Waals surface area contributed by atoms with Crippen molar-refractivity contribution in [2.45, 2.75) is 13.0 Å². The van der Waals surface area contributed by atoms with Gasteiger partial charge in [0.25, 0.3) is 0 Å². The molecule has 0 aliphatic carbocycles. The minimum absolute atomic E-state index is 0.502. The summed E-state index contributed by atoms with van der Waals surface area (Å²) in [6.07, 6.45) is 4.34. The van der Waals surface area contributed by atoms with E-state index in [9.17, 15) is 0 Å². The highest BCUT2D eigenvalue weighted by atomic mass is 79.9. The molecule has 0 atom stereocenters. The number of hydrogen-bond donors (Lipinski definition) is 0. The smallest absolute Gasteiger partial charge is 0.139 e. The Bertz CT molecular complexity index is 760. The molecule has 3 nitrogen and oxygen atoms in total. The summed E-state index contributed by atoms with van der Waals surface area (Å²) in [4.78, 5) is 4.08. The lowest BCUT2D eigenvalue weighted by Gasteiger charge is -2.09. The molecule has 0 fully saturated rings. The van der Waals surface area contributed by atoms with Crippen molar-refractivity contribution in [3.8, 4) is 11.5 Å². The second-order valence-corrected chi connectivity index (χ2v) is 6.27. The number of ether oxygens (including phenoxy) is 2. The Kier molecular flexibility index (Phi) is 5.85. The predicted octanol–water partition coefficient (Wildman–Crippen LogP) is 5.04. The maximum Gasteiger partial charge on any atom is 0.139 e. The molecule has 0 aliphatic rings. The molecule has 0 unspecified atom stereocenters. The van der Waals surface area contributed by atoms with E-state index < -0.39 is 0 Å². The van der Waals surface area contributed by atoms with Crippen molar-refractivity contribution in [1.29, 1.82) is 0 Å². The van der Waals surface area contributed by atoms with Crippen LogP contribution in [-0.4, -0.2) is 11.6 Å². The first kappa shape index (κ1) is 16.5. The second-order valence-electron chi connectivity index (χ2n) is 5.36. The zero-order valence-electron chi connectivity index (χ0n) is 13.2. The van der Waals surface area contributed by atoms with Gasteiger partial charge in [0.2, 0.25) is 0 Å². The highest BCUT2D eigenvalue weighted by molar-refractivity contribution is 9.10. The van der Waals surface area contributed by atoms with Gasteiger partial charge in [-0.15, -0.1) is 0 Å². The van der Waals surface area contributed by atoms with Gasteiger partial charge in [0.15, 0.2) is 0 Å². The maximum atomic E-state index is 5.79. The quantitative estimate of drug-likeness (QED) is 0.572. The molecular weight excluding hydrogens is 366 g/mol.